The van der Waals surface area contributed by atoms with Gasteiger partial charge in [-0.1, -0.05) is 60.7 Å². The molecule has 4 atom stereocenters. The van der Waals surface area contributed by atoms with Gasteiger partial charge in [-0.25, -0.2) is 9.59 Å². The van der Waals surface area contributed by atoms with Crippen LogP contribution in [0.1, 0.15) is 36.8 Å². The lowest BCUT2D eigenvalue weighted by Gasteiger charge is -2.25. The molecule has 3 saturated heterocycles. The van der Waals surface area contributed by atoms with Crippen molar-refractivity contribution in [3.05, 3.63) is 71.8 Å². The third-order valence-electron chi connectivity index (χ3n) is 7.39. The number of carbonyl (C=O) groups is 4. The number of piperidine rings is 2. The number of nitrogens with zero attached hydrogens (tertiary/aromatic N) is 2. The van der Waals surface area contributed by atoms with Gasteiger partial charge in [-0.2, -0.15) is 0 Å². The second kappa shape index (κ2) is 11.0. The summed E-state index contributed by atoms with van der Waals surface area (Å²) < 4.78 is 10.6. The summed E-state index contributed by atoms with van der Waals surface area (Å²) >= 11 is 0. The van der Waals surface area contributed by atoms with Gasteiger partial charge in [0.2, 0.25) is 5.91 Å². The second-order valence-corrected chi connectivity index (χ2v) is 10.0. The summed E-state index contributed by atoms with van der Waals surface area (Å²) in [6.45, 7) is 1.66. The lowest BCUT2D eigenvalue weighted by molar-refractivity contribution is -0.123. The fourth-order valence-corrected chi connectivity index (χ4v) is 5.51. The Bertz CT molecular complexity index is 1140. The van der Waals surface area contributed by atoms with E-state index in [4.69, 9.17) is 9.47 Å². The summed E-state index contributed by atoms with van der Waals surface area (Å²) in [7, 11) is 0. The van der Waals surface area contributed by atoms with Crippen molar-refractivity contribution in [1.82, 2.24) is 15.1 Å². The number of amides is 3. The summed E-state index contributed by atoms with van der Waals surface area (Å²) in [5.41, 5.74) is 1.94. The Morgan fingerprint density at radius 2 is 1.30 bits per heavy atom. The molecule has 194 valence electrons. The zero-order chi connectivity index (χ0) is 25.8. The van der Waals surface area contributed by atoms with Crippen LogP contribution in [0.3, 0.4) is 0 Å². The largest absolute Gasteiger partial charge is 0.445 e. The SMILES string of the molecule is O=C1CC2CC(CN2C(=O)OCc2ccccc2)N1.O=C1CC2CC1CN2C(=O)OCc1ccccc1. The van der Waals surface area contributed by atoms with E-state index in [2.05, 4.69) is 5.32 Å². The van der Waals surface area contributed by atoms with Gasteiger partial charge in [0.25, 0.3) is 0 Å². The average molecular weight is 506 g/mol. The van der Waals surface area contributed by atoms with Crippen LogP contribution in [0.5, 0.6) is 0 Å². The van der Waals surface area contributed by atoms with Crippen molar-refractivity contribution in [3.63, 3.8) is 0 Å². The highest BCUT2D eigenvalue weighted by Gasteiger charge is 2.46. The van der Waals surface area contributed by atoms with E-state index < -0.39 is 0 Å². The fraction of sp³-hybridized carbons (Fsp3) is 0.429. The molecule has 2 aromatic rings. The van der Waals surface area contributed by atoms with Crippen molar-refractivity contribution in [2.75, 3.05) is 13.1 Å². The molecule has 6 rings (SSSR count). The molecule has 1 aliphatic carbocycles. The van der Waals surface area contributed by atoms with E-state index in [9.17, 15) is 19.2 Å². The van der Waals surface area contributed by atoms with Gasteiger partial charge < -0.3 is 24.6 Å². The molecular weight excluding hydrogens is 474 g/mol. The van der Waals surface area contributed by atoms with Gasteiger partial charge in [0.1, 0.15) is 19.0 Å². The first-order valence-electron chi connectivity index (χ1n) is 12.7. The Kier molecular flexibility index (Phi) is 7.39. The predicted molar refractivity (Wildman–Crippen MR) is 133 cm³/mol. The first kappa shape index (κ1) is 24.8. The van der Waals surface area contributed by atoms with Crippen LogP contribution in [-0.2, 0) is 32.3 Å². The number of ketones is 1. The van der Waals surface area contributed by atoms with Gasteiger partial charge in [0.15, 0.2) is 0 Å². The highest BCUT2D eigenvalue weighted by molar-refractivity contribution is 5.87. The number of nitrogens with one attached hydrogen (secondary N) is 1. The summed E-state index contributed by atoms with van der Waals surface area (Å²) in [6, 6.07) is 19.4. The van der Waals surface area contributed by atoms with E-state index in [0.29, 0.717) is 38.3 Å². The molecular formula is C28H31N3O6. The zero-order valence-electron chi connectivity index (χ0n) is 20.6. The van der Waals surface area contributed by atoms with Gasteiger partial charge in [0.05, 0.1) is 0 Å². The van der Waals surface area contributed by atoms with E-state index >= 15 is 0 Å². The quantitative estimate of drug-likeness (QED) is 0.684. The highest BCUT2D eigenvalue weighted by atomic mass is 16.6. The van der Waals surface area contributed by atoms with E-state index in [1.807, 2.05) is 60.7 Å². The molecule has 4 bridgehead atoms. The maximum Gasteiger partial charge on any atom is 0.410 e. The molecule has 0 radical (unpaired) electrons. The van der Waals surface area contributed by atoms with Crippen LogP contribution in [0.15, 0.2) is 60.7 Å². The molecule has 3 amide bonds. The monoisotopic (exact) mass is 505 g/mol. The Labute approximate surface area is 215 Å². The topological polar surface area (TPSA) is 105 Å². The zero-order valence-corrected chi connectivity index (χ0v) is 20.6. The van der Waals surface area contributed by atoms with Gasteiger partial charge in [-0.15, -0.1) is 0 Å². The second-order valence-electron chi connectivity index (χ2n) is 10.0. The Morgan fingerprint density at radius 1 is 0.757 bits per heavy atom. The van der Waals surface area contributed by atoms with E-state index in [-0.39, 0.29) is 48.7 Å². The smallest absolute Gasteiger partial charge is 0.410 e. The summed E-state index contributed by atoms with van der Waals surface area (Å²) in [6.07, 6.45) is 1.93. The molecule has 2 aromatic carbocycles. The Balaban J connectivity index is 0.000000152. The van der Waals surface area contributed by atoms with Gasteiger partial charge in [0, 0.05) is 50.0 Å². The number of likely N-dealkylation sites (tertiary alicyclic amines) is 2. The summed E-state index contributed by atoms with van der Waals surface area (Å²) in [4.78, 5) is 50.1. The molecule has 0 spiro atoms. The molecule has 4 fully saturated rings. The number of rotatable bonds is 4. The van der Waals surface area contributed by atoms with Crippen LogP contribution in [0, 0.1) is 5.92 Å². The number of fused-ring (bicyclic) bond motifs is 4. The molecule has 1 saturated carbocycles. The van der Waals surface area contributed by atoms with Crippen molar-refractivity contribution >= 4 is 23.9 Å². The van der Waals surface area contributed by atoms with E-state index in [1.165, 1.54) is 0 Å². The number of benzene rings is 2. The predicted octanol–water partition coefficient (Wildman–Crippen LogP) is 3.27. The number of ether oxygens (including phenoxy) is 2. The Morgan fingerprint density at radius 3 is 1.81 bits per heavy atom. The maximum atomic E-state index is 12.0. The van der Waals surface area contributed by atoms with Gasteiger partial charge >= 0.3 is 12.2 Å². The normalized spacial score (nSPS) is 25.3. The van der Waals surface area contributed by atoms with E-state index in [0.717, 1.165) is 24.0 Å². The molecule has 9 nitrogen and oxygen atoms in total. The first-order valence-corrected chi connectivity index (χ1v) is 12.7. The molecule has 3 aliphatic heterocycles. The maximum absolute atomic E-state index is 12.0. The van der Waals surface area contributed by atoms with Gasteiger partial charge in [-0.3, -0.25) is 9.59 Å². The van der Waals surface area contributed by atoms with Crippen molar-refractivity contribution in [2.45, 2.75) is 57.0 Å². The van der Waals surface area contributed by atoms with Crippen molar-refractivity contribution in [2.24, 2.45) is 5.92 Å². The first-order chi connectivity index (χ1) is 18.0. The lowest BCUT2D eigenvalue weighted by atomic mass is 10.0. The molecule has 4 unspecified atom stereocenters. The average Bonchev–Trinajstić information content (AvgIpc) is 3.59. The summed E-state index contributed by atoms with van der Waals surface area (Å²) in [5.74, 6) is 0.381. The standard InChI is InChI=1S/C14H16N2O3.C14H15NO3/c17-13-7-12-6-11(15-13)8-16(12)14(18)19-9-10-4-2-1-3-5-10;16-13-7-12-6-11(13)8-15(12)14(17)18-9-10-4-2-1-3-5-10/h1-5,11-12H,6-9H2,(H,15,17);1-5,11-12H,6-9H2. The van der Waals surface area contributed by atoms with Crippen molar-refractivity contribution < 1.29 is 28.7 Å². The minimum Gasteiger partial charge on any atom is -0.445 e. The number of Topliss-reactive ketones (excluding diaryl/α,β-unsaturated/α-hetero) is 1. The van der Waals surface area contributed by atoms with Crippen LogP contribution in [0.4, 0.5) is 9.59 Å². The molecule has 4 aliphatic rings. The molecule has 9 heteroatoms. The fourth-order valence-electron chi connectivity index (χ4n) is 5.51. The van der Waals surface area contributed by atoms with Crippen LogP contribution < -0.4 is 5.32 Å². The third-order valence-corrected chi connectivity index (χ3v) is 7.39. The number of carbonyl (C=O) groups excluding carboxylic acids is 4. The van der Waals surface area contributed by atoms with Crippen molar-refractivity contribution in [1.29, 1.82) is 0 Å². The third kappa shape index (κ3) is 5.93. The van der Waals surface area contributed by atoms with E-state index in [1.54, 1.807) is 9.80 Å². The molecule has 0 aromatic heterocycles. The minimum atomic E-state index is -0.326. The van der Waals surface area contributed by atoms with Crippen LogP contribution in [0.2, 0.25) is 0 Å². The van der Waals surface area contributed by atoms with Gasteiger partial charge in [-0.05, 0) is 24.0 Å². The van der Waals surface area contributed by atoms with Crippen LogP contribution in [0.25, 0.3) is 0 Å². The molecule has 1 N–H and O–H groups in total. The minimum absolute atomic E-state index is 0.00187. The Hall–Kier alpha value is -3.88. The summed E-state index contributed by atoms with van der Waals surface area (Å²) in [5, 5.41) is 2.88. The van der Waals surface area contributed by atoms with Crippen LogP contribution >= 0.6 is 0 Å². The molecule has 37 heavy (non-hydrogen) atoms. The number of hydrogen-bond acceptors (Lipinski definition) is 6. The molecule has 3 heterocycles. The van der Waals surface area contributed by atoms with Crippen molar-refractivity contribution in [3.8, 4) is 0 Å². The van der Waals surface area contributed by atoms with Crippen LogP contribution in [-0.4, -0.2) is 64.9 Å². The number of hydrogen-bond donors (Lipinski definition) is 1. The highest BCUT2D eigenvalue weighted by Crippen LogP contribution is 2.35. The lowest BCUT2D eigenvalue weighted by Crippen LogP contribution is -2.40.